The number of nitrogens with one attached hydrogen (secondary N) is 1. The average molecular weight is 316 g/mol. The molecule has 2 nitrogen and oxygen atoms in total. The van der Waals surface area contributed by atoms with E-state index in [4.69, 9.17) is 0 Å². The minimum Gasteiger partial charge on any atom is -0.314 e. The molecule has 1 saturated heterocycles. The number of rotatable bonds is 2. The van der Waals surface area contributed by atoms with Crippen LogP contribution in [0.1, 0.15) is 12.5 Å². The zero-order chi connectivity index (χ0) is 10.7. The molecule has 0 amide bonds. The Bertz CT molecular complexity index is 310. The van der Waals surface area contributed by atoms with E-state index in [-0.39, 0.29) is 0 Å². The maximum Gasteiger partial charge on any atom is 0.0237 e. The lowest BCUT2D eigenvalue weighted by Gasteiger charge is -2.33. The summed E-state index contributed by atoms with van der Waals surface area (Å²) in [5.41, 5.74) is 1.42. The van der Waals surface area contributed by atoms with Crippen LogP contribution in [0.5, 0.6) is 0 Å². The summed E-state index contributed by atoms with van der Waals surface area (Å²) in [7, 11) is 0. The normalized spacial score (nSPS) is 22.9. The molecule has 0 spiro atoms. The van der Waals surface area contributed by atoms with Gasteiger partial charge in [0.05, 0.1) is 0 Å². The first-order valence-corrected chi connectivity index (χ1v) is 6.53. The molecule has 1 aliphatic heterocycles. The molecule has 1 unspecified atom stereocenters. The zero-order valence-electron chi connectivity index (χ0n) is 9.04. The van der Waals surface area contributed by atoms with Gasteiger partial charge in [0.2, 0.25) is 0 Å². The largest absolute Gasteiger partial charge is 0.314 e. The molecule has 0 aliphatic carbocycles. The average Bonchev–Trinajstić information content (AvgIpc) is 2.25. The molecule has 3 heteroatoms. The minimum atomic E-state index is 0.651. The molecule has 0 aromatic heterocycles. The van der Waals surface area contributed by atoms with Crippen molar-refractivity contribution in [2.45, 2.75) is 19.5 Å². The first-order valence-electron chi connectivity index (χ1n) is 5.45. The van der Waals surface area contributed by atoms with Crippen molar-refractivity contribution in [2.24, 2.45) is 0 Å². The zero-order valence-corrected chi connectivity index (χ0v) is 11.2. The van der Waals surface area contributed by atoms with Gasteiger partial charge in [-0.2, -0.15) is 0 Å². The first-order chi connectivity index (χ1) is 7.25. The molecule has 0 saturated carbocycles. The van der Waals surface area contributed by atoms with Gasteiger partial charge < -0.3 is 5.32 Å². The molecule has 82 valence electrons. The standard InChI is InChI=1S/C12H17IN2/c1-10-8-14-6-7-15(10)9-11-2-4-12(13)5-3-11/h2-5,10,14H,6-9H2,1H3. The van der Waals surface area contributed by atoms with Crippen molar-refractivity contribution < 1.29 is 0 Å². The molecule has 15 heavy (non-hydrogen) atoms. The molecule has 1 aliphatic rings. The summed E-state index contributed by atoms with van der Waals surface area (Å²) in [6.45, 7) is 6.77. The number of halogens is 1. The lowest BCUT2D eigenvalue weighted by Crippen LogP contribution is -2.49. The molecule has 2 rings (SSSR count). The van der Waals surface area contributed by atoms with E-state index in [1.807, 2.05) is 0 Å². The Labute approximate surface area is 105 Å². The second kappa shape index (κ2) is 5.27. The Balaban J connectivity index is 1.98. The highest BCUT2D eigenvalue weighted by atomic mass is 127. The Kier molecular flexibility index (Phi) is 3.99. The highest BCUT2D eigenvalue weighted by Gasteiger charge is 2.17. The lowest BCUT2D eigenvalue weighted by molar-refractivity contribution is 0.165. The molecule has 0 bridgehead atoms. The Morgan fingerprint density at radius 3 is 2.80 bits per heavy atom. The Morgan fingerprint density at radius 1 is 1.40 bits per heavy atom. The van der Waals surface area contributed by atoms with Crippen molar-refractivity contribution in [3.8, 4) is 0 Å². The van der Waals surface area contributed by atoms with E-state index in [2.05, 4.69) is 64.0 Å². The third-order valence-corrected chi connectivity index (χ3v) is 3.66. The van der Waals surface area contributed by atoms with Crippen molar-refractivity contribution >= 4 is 22.6 Å². The van der Waals surface area contributed by atoms with Crippen molar-refractivity contribution in [1.29, 1.82) is 0 Å². The van der Waals surface area contributed by atoms with Crippen LogP contribution in [0.15, 0.2) is 24.3 Å². The van der Waals surface area contributed by atoms with Crippen LogP contribution in [-0.2, 0) is 6.54 Å². The summed E-state index contributed by atoms with van der Waals surface area (Å²) in [4.78, 5) is 2.54. The maximum atomic E-state index is 3.42. The van der Waals surface area contributed by atoms with Crippen LogP contribution in [0.3, 0.4) is 0 Å². The molecular formula is C12H17IN2. The van der Waals surface area contributed by atoms with Gasteiger partial charge in [0.25, 0.3) is 0 Å². The van der Waals surface area contributed by atoms with E-state index in [0.717, 1.165) is 26.2 Å². The smallest absolute Gasteiger partial charge is 0.0237 e. The minimum absolute atomic E-state index is 0.651. The summed E-state index contributed by atoms with van der Waals surface area (Å²) < 4.78 is 1.31. The van der Waals surface area contributed by atoms with Crippen LogP contribution in [0.25, 0.3) is 0 Å². The fraction of sp³-hybridized carbons (Fsp3) is 0.500. The SMILES string of the molecule is CC1CNCCN1Cc1ccc(I)cc1. The topological polar surface area (TPSA) is 15.3 Å². The summed E-state index contributed by atoms with van der Waals surface area (Å²) >= 11 is 2.35. The molecule has 1 fully saturated rings. The highest BCUT2D eigenvalue weighted by molar-refractivity contribution is 14.1. The summed E-state index contributed by atoms with van der Waals surface area (Å²) in [5, 5.41) is 3.42. The third kappa shape index (κ3) is 3.16. The van der Waals surface area contributed by atoms with Gasteiger partial charge in [0, 0.05) is 35.8 Å². The van der Waals surface area contributed by atoms with Crippen molar-refractivity contribution in [1.82, 2.24) is 10.2 Å². The number of nitrogens with zero attached hydrogens (tertiary/aromatic N) is 1. The van der Waals surface area contributed by atoms with Gasteiger partial charge >= 0.3 is 0 Å². The van der Waals surface area contributed by atoms with Crippen LogP contribution >= 0.6 is 22.6 Å². The van der Waals surface area contributed by atoms with Crippen LogP contribution in [-0.4, -0.2) is 30.6 Å². The summed E-state index contributed by atoms with van der Waals surface area (Å²) in [5.74, 6) is 0. The van der Waals surface area contributed by atoms with E-state index in [1.54, 1.807) is 0 Å². The van der Waals surface area contributed by atoms with Crippen LogP contribution in [0.4, 0.5) is 0 Å². The van der Waals surface area contributed by atoms with Gasteiger partial charge in [-0.25, -0.2) is 0 Å². The fourth-order valence-corrected chi connectivity index (χ4v) is 2.30. The molecule has 1 aromatic rings. The quantitative estimate of drug-likeness (QED) is 0.841. The number of benzene rings is 1. The number of piperazine rings is 1. The van der Waals surface area contributed by atoms with Gasteiger partial charge in [0.15, 0.2) is 0 Å². The van der Waals surface area contributed by atoms with Crippen molar-refractivity contribution in [3.05, 3.63) is 33.4 Å². The van der Waals surface area contributed by atoms with Gasteiger partial charge in [0.1, 0.15) is 0 Å². The highest BCUT2D eigenvalue weighted by Crippen LogP contribution is 2.12. The predicted octanol–water partition coefficient (Wildman–Crippen LogP) is 2.08. The van der Waals surface area contributed by atoms with E-state index < -0.39 is 0 Å². The first kappa shape index (κ1) is 11.4. The molecule has 1 heterocycles. The van der Waals surface area contributed by atoms with Gasteiger partial charge in [-0.15, -0.1) is 0 Å². The van der Waals surface area contributed by atoms with Gasteiger partial charge in [-0.1, -0.05) is 12.1 Å². The Morgan fingerprint density at radius 2 is 2.13 bits per heavy atom. The molecule has 1 N–H and O–H groups in total. The van der Waals surface area contributed by atoms with E-state index >= 15 is 0 Å². The molecular weight excluding hydrogens is 299 g/mol. The van der Waals surface area contributed by atoms with E-state index in [1.165, 1.54) is 9.13 Å². The fourth-order valence-electron chi connectivity index (χ4n) is 1.94. The maximum absolute atomic E-state index is 3.42. The monoisotopic (exact) mass is 316 g/mol. The molecule has 0 radical (unpaired) electrons. The lowest BCUT2D eigenvalue weighted by atomic mass is 10.1. The third-order valence-electron chi connectivity index (χ3n) is 2.94. The van der Waals surface area contributed by atoms with Crippen molar-refractivity contribution in [3.63, 3.8) is 0 Å². The van der Waals surface area contributed by atoms with Crippen LogP contribution in [0, 0.1) is 3.57 Å². The van der Waals surface area contributed by atoms with Crippen LogP contribution in [0.2, 0.25) is 0 Å². The second-order valence-corrected chi connectivity index (χ2v) is 5.40. The number of hydrogen-bond donors (Lipinski definition) is 1. The predicted molar refractivity (Wildman–Crippen MR) is 71.9 cm³/mol. The van der Waals surface area contributed by atoms with E-state index in [0.29, 0.717) is 6.04 Å². The molecule has 1 atom stereocenters. The number of hydrogen-bond acceptors (Lipinski definition) is 2. The second-order valence-electron chi connectivity index (χ2n) is 4.15. The summed E-state index contributed by atoms with van der Waals surface area (Å²) in [6, 6.07) is 9.48. The molecule has 1 aromatic carbocycles. The van der Waals surface area contributed by atoms with Gasteiger partial charge in [-0.05, 0) is 47.2 Å². The van der Waals surface area contributed by atoms with E-state index in [9.17, 15) is 0 Å². The summed E-state index contributed by atoms with van der Waals surface area (Å²) in [6.07, 6.45) is 0. The Hall–Kier alpha value is -0.130. The van der Waals surface area contributed by atoms with Gasteiger partial charge in [-0.3, -0.25) is 4.90 Å². The van der Waals surface area contributed by atoms with Crippen molar-refractivity contribution in [2.75, 3.05) is 19.6 Å². The van der Waals surface area contributed by atoms with Crippen LogP contribution < -0.4 is 5.32 Å².